The lowest BCUT2D eigenvalue weighted by Crippen LogP contribution is -2.30. The first-order valence-corrected chi connectivity index (χ1v) is 5.13. The van der Waals surface area contributed by atoms with E-state index in [4.69, 9.17) is 10.2 Å². The Morgan fingerprint density at radius 2 is 1.78 bits per heavy atom. The molecule has 0 aliphatic rings. The molecule has 18 heavy (non-hydrogen) atoms. The molecule has 98 valence electrons. The van der Waals surface area contributed by atoms with Crippen LogP contribution in [-0.2, 0) is 4.79 Å². The number of rotatable bonds is 5. The summed E-state index contributed by atoms with van der Waals surface area (Å²) >= 11 is 0. The summed E-state index contributed by atoms with van der Waals surface area (Å²) in [6.45, 7) is -0.0971. The normalized spacial score (nSPS) is 11.8. The maximum atomic E-state index is 11.6. The molecule has 1 rings (SSSR count). The highest BCUT2D eigenvalue weighted by atomic mass is 16.4. The van der Waals surface area contributed by atoms with Gasteiger partial charge in [0, 0.05) is 13.0 Å². The van der Waals surface area contributed by atoms with Crippen molar-refractivity contribution in [1.29, 1.82) is 0 Å². The van der Waals surface area contributed by atoms with Crippen molar-refractivity contribution in [3.05, 3.63) is 23.8 Å². The quantitative estimate of drug-likeness (QED) is 0.490. The van der Waals surface area contributed by atoms with Gasteiger partial charge in [-0.05, 0) is 12.1 Å². The Morgan fingerprint density at radius 1 is 1.22 bits per heavy atom. The van der Waals surface area contributed by atoms with Crippen molar-refractivity contribution in [3.63, 3.8) is 0 Å². The zero-order chi connectivity index (χ0) is 13.7. The lowest BCUT2D eigenvalue weighted by atomic mass is 10.1. The highest BCUT2D eigenvalue weighted by molar-refractivity contribution is 5.99. The SMILES string of the molecule is O=C(NCCC(O)C(=O)O)c1c(O)cccc1O. The van der Waals surface area contributed by atoms with Crippen LogP contribution < -0.4 is 5.32 Å². The second-order valence-corrected chi connectivity index (χ2v) is 3.57. The number of hydrogen-bond acceptors (Lipinski definition) is 5. The van der Waals surface area contributed by atoms with Gasteiger partial charge < -0.3 is 25.7 Å². The van der Waals surface area contributed by atoms with Crippen LogP contribution >= 0.6 is 0 Å². The van der Waals surface area contributed by atoms with Gasteiger partial charge in [-0.3, -0.25) is 4.79 Å². The van der Waals surface area contributed by atoms with Gasteiger partial charge in [-0.15, -0.1) is 0 Å². The van der Waals surface area contributed by atoms with Crippen LogP contribution in [0, 0.1) is 0 Å². The van der Waals surface area contributed by atoms with Crippen LogP contribution in [-0.4, -0.2) is 45.0 Å². The maximum Gasteiger partial charge on any atom is 0.332 e. The number of aliphatic carboxylic acids is 1. The summed E-state index contributed by atoms with van der Waals surface area (Å²) in [7, 11) is 0. The molecule has 0 saturated heterocycles. The molecule has 0 aliphatic heterocycles. The highest BCUT2D eigenvalue weighted by Crippen LogP contribution is 2.25. The third kappa shape index (κ3) is 3.36. The van der Waals surface area contributed by atoms with Gasteiger partial charge in [-0.1, -0.05) is 6.07 Å². The molecule has 7 heteroatoms. The first-order valence-electron chi connectivity index (χ1n) is 5.13. The van der Waals surface area contributed by atoms with Crippen molar-refractivity contribution in [3.8, 4) is 11.5 Å². The van der Waals surface area contributed by atoms with Crippen molar-refractivity contribution >= 4 is 11.9 Å². The van der Waals surface area contributed by atoms with Gasteiger partial charge in [0.1, 0.15) is 17.1 Å². The smallest absolute Gasteiger partial charge is 0.332 e. The largest absolute Gasteiger partial charge is 0.507 e. The molecule has 0 aromatic heterocycles. The monoisotopic (exact) mass is 255 g/mol. The molecule has 0 radical (unpaired) electrons. The first-order chi connectivity index (χ1) is 8.43. The van der Waals surface area contributed by atoms with E-state index in [-0.39, 0.29) is 30.0 Å². The van der Waals surface area contributed by atoms with Gasteiger partial charge in [-0.25, -0.2) is 4.79 Å². The van der Waals surface area contributed by atoms with E-state index in [1.807, 2.05) is 0 Å². The van der Waals surface area contributed by atoms with Gasteiger partial charge in [0.2, 0.25) is 0 Å². The molecule has 1 unspecified atom stereocenters. The van der Waals surface area contributed by atoms with Crippen molar-refractivity contribution in [2.75, 3.05) is 6.54 Å². The Morgan fingerprint density at radius 3 is 2.28 bits per heavy atom. The average Bonchev–Trinajstić information content (AvgIpc) is 2.28. The van der Waals surface area contributed by atoms with E-state index in [9.17, 15) is 19.8 Å². The van der Waals surface area contributed by atoms with E-state index in [0.717, 1.165) is 0 Å². The van der Waals surface area contributed by atoms with Crippen molar-refractivity contribution in [2.24, 2.45) is 0 Å². The molecule has 1 aromatic rings. The van der Waals surface area contributed by atoms with Crippen LogP contribution in [0.4, 0.5) is 0 Å². The molecule has 0 heterocycles. The van der Waals surface area contributed by atoms with E-state index in [1.54, 1.807) is 0 Å². The van der Waals surface area contributed by atoms with Crippen LogP contribution in [0.5, 0.6) is 11.5 Å². The number of aromatic hydroxyl groups is 2. The molecular weight excluding hydrogens is 242 g/mol. The number of aliphatic hydroxyl groups excluding tert-OH is 1. The lowest BCUT2D eigenvalue weighted by molar-refractivity contribution is -0.146. The van der Waals surface area contributed by atoms with Crippen molar-refractivity contribution in [1.82, 2.24) is 5.32 Å². The Bertz CT molecular complexity index is 439. The summed E-state index contributed by atoms with van der Waals surface area (Å²) in [5.41, 5.74) is -0.290. The van der Waals surface area contributed by atoms with Gasteiger partial charge in [0.15, 0.2) is 6.10 Å². The Hall–Kier alpha value is -2.28. The van der Waals surface area contributed by atoms with E-state index in [1.165, 1.54) is 18.2 Å². The zero-order valence-electron chi connectivity index (χ0n) is 9.33. The number of carboxylic acid groups (broad SMARTS) is 1. The molecule has 1 amide bonds. The number of phenols is 2. The highest BCUT2D eigenvalue weighted by Gasteiger charge is 2.17. The van der Waals surface area contributed by atoms with Crippen LogP contribution in [0.2, 0.25) is 0 Å². The Kier molecular flexibility index (Phi) is 4.50. The molecule has 7 nitrogen and oxygen atoms in total. The summed E-state index contributed by atoms with van der Waals surface area (Å²) < 4.78 is 0. The average molecular weight is 255 g/mol. The molecule has 0 aliphatic carbocycles. The molecule has 0 bridgehead atoms. The lowest BCUT2D eigenvalue weighted by Gasteiger charge is -2.09. The van der Waals surface area contributed by atoms with Crippen molar-refractivity contribution < 1.29 is 30.0 Å². The number of nitrogens with one attached hydrogen (secondary N) is 1. The van der Waals surface area contributed by atoms with Crippen LogP contribution in [0.15, 0.2) is 18.2 Å². The summed E-state index contributed by atoms with van der Waals surface area (Å²) in [5, 5.41) is 38.5. The molecule has 5 N–H and O–H groups in total. The predicted molar refractivity (Wildman–Crippen MR) is 60.4 cm³/mol. The van der Waals surface area contributed by atoms with Gasteiger partial charge >= 0.3 is 5.97 Å². The fourth-order valence-corrected chi connectivity index (χ4v) is 1.30. The second kappa shape index (κ2) is 5.87. The number of carboxylic acids is 1. The fourth-order valence-electron chi connectivity index (χ4n) is 1.30. The molecule has 0 fully saturated rings. The van der Waals surface area contributed by atoms with Gasteiger partial charge in [0.25, 0.3) is 5.91 Å². The first kappa shape index (κ1) is 13.8. The number of aliphatic hydroxyl groups is 1. The Labute approximate surface area is 102 Å². The number of carbonyl (C=O) groups excluding carboxylic acids is 1. The minimum atomic E-state index is -1.57. The minimum Gasteiger partial charge on any atom is -0.507 e. The molecule has 1 atom stereocenters. The molecular formula is C11H13NO6. The van der Waals surface area contributed by atoms with Crippen LogP contribution in [0.25, 0.3) is 0 Å². The number of amides is 1. The van der Waals surface area contributed by atoms with Gasteiger partial charge in [-0.2, -0.15) is 0 Å². The van der Waals surface area contributed by atoms with Crippen LogP contribution in [0.1, 0.15) is 16.8 Å². The number of hydrogen-bond donors (Lipinski definition) is 5. The zero-order valence-corrected chi connectivity index (χ0v) is 9.33. The minimum absolute atomic E-state index is 0.0971. The number of carbonyl (C=O) groups is 2. The third-order valence-corrected chi connectivity index (χ3v) is 2.24. The van der Waals surface area contributed by atoms with E-state index in [2.05, 4.69) is 5.32 Å². The van der Waals surface area contributed by atoms with Gasteiger partial charge in [0.05, 0.1) is 0 Å². The summed E-state index contributed by atoms with van der Waals surface area (Å²) in [5.74, 6) is -2.89. The summed E-state index contributed by atoms with van der Waals surface area (Å²) in [6.07, 6.45) is -1.74. The van der Waals surface area contributed by atoms with Crippen molar-refractivity contribution in [2.45, 2.75) is 12.5 Å². The van der Waals surface area contributed by atoms with E-state index in [0.29, 0.717) is 0 Å². The molecule has 0 saturated carbocycles. The summed E-state index contributed by atoms with van der Waals surface area (Å²) in [6, 6.07) is 3.84. The third-order valence-electron chi connectivity index (χ3n) is 2.24. The van der Waals surface area contributed by atoms with Crippen LogP contribution in [0.3, 0.4) is 0 Å². The molecule has 0 spiro atoms. The van der Waals surface area contributed by atoms with E-state index < -0.39 is 18.0 Å². The second-order valence-electron chi connectivity index (χ2n) is 3.57. The topological polar surface area (TPSA) is 127 Å². The summed E-state index contributed by atoms with van der Waals surface area (Å²) in [4.78, 5) is 21.9. The van der Waals surface area contributed by atoms with E-state index >= 15 is 0 Å². The standard InChI is InChI=1S/C11H13NO6/c13-6-2-1-3-7(14)9(6)10(16)12-5-4-8(15)11(17)18/h1-3,8,13-15H,4-5H2,(H,12,16)(H,17,18). The molecule has 1 aromatic carbocycles. The number of phenolic OH excluding ortho intramolecular Hbond substituents is 2. The fraction of sp³-hybridized carbons (Fsp3) is 0.273. The Balaban J connectivity index is 2.59. The maximum absolute atomic E-state index is 11.6. The number of benzene rings is 1. The predicted octanol–water partition coefficient (Wildman–Crippen LogP) is -0.337.